The van der Waals surface area contributed by atoms with Gasteiger partial charge in [0.2, 0.25) is 5.78 Å². The second-order valence-electron chi connectivity index (χ2n) is 5.90. The third-order valence-corrected chi connectivity index (χ3v) is 4.99. The molecule has 4 nitrogen and oxygen atoms in total. The molecule has 0 spiro atoms. The van der Waals surface area contributed by atoms with Crippen molar-refractivity contribution in [2.45, 2.75) is 0 Å². The second-order valence-corrected chi connectivity index (χ2v) is 6.99. The summed E-state index contributed by atoms with van der Waals surface area (Å²) in [4.78, 5) is 26.9. The summed E-state index contributed by atoms with van der Waals surface area (Å²) in [6.45, 7) is 0. The van der Waals surface area contributed by atoms with E-state index in [0.29, 0.717) is 9.20 Å². The maximum atomic E-state index is 12.2. The van der Waals surface area contributed by atoms with Gasteiger partial charge in [-0.2, -0.15) is 0 Å². The Labute approximate surface area is 158 Å². The van der Waals surface area contributed by atoms with Crippen molar-refractivity contribution in [1.82, 2.24) is 4.98 Å². The van der Waals surface area contributed by atoms with Crippen molar-refractivity contribution in [2.24, 2.45) is 0 Å². The van der Waals surface area contributed by atoms with Gasteiger partial charge in [0.1, 0.15) is 0 Å². The molecule has 2 aromatic carbocycles. The minimum atomic E-state index is -0.281. The zero-order valence-corrected chi connectivity index (χ0v) is 15.0. The van der Waals surface area contributed by atoms with Gasteiger partial charge in [-0.25, -0.2) is 0 Å². The van der Waals surface area contributed by atoms with Crippen LogP contribution in [0.5, 0.6) is 0 Å². The predicted octanol–water partition coefficient (Wildman–Crippen LogP) is 3.19. The molecule has 0 fully saturated rings. The maximum Gasteiger partial charge on any atom is 0.266 e. The van der Waals surface area contributed by atoms with Gasteiger partial charge in [-0.15, -0.1) is 11.3 Å². The van der Waals surface area contributed by atoms with Crippen LogP contribution in [0.2, 0.25) is 0 Å². The van der Waals surface area contributed by atoms with Gasteiger partial charge >= 0.3 is 0 Å². The average molecular weight is 373 g/mol. The first kappa shape index (κ1) is 17.0. The molecule has 5 heteroatoms. The molecule has 0 aliphatic rings. The van der Waals surface area contributed by atoms with Crippen LogP contribution in [0.3, 0.4) is 0 Å². The quantitative estimate of drug-likeness (QED) is 0.559. The molecular formula is C22H15NO3S. The third-order valence-electron chi connectivity index (χ3n) is 4.02. The largest absolute Gasteiger partial charge is 0.461 e. The molecule has 2 aromatic heterocycles. The number of aromatic nitrogens is 1. The van der Waals surface area contributed by atoms with Crippen LogP contribution < -0.4 is 14.8 Å². The average Bonchev–Trinajstić information content (AvgIpc) is 3.34. The van der Waals surface area contributed by atoms with Crippen LogP contribution in [-0.4, -0.2) is 10.8 Å². The van der Waals surface area contributed by atoms with Gasteiger partial charge in [0.15, 0.2) is 5.76 Å². The molecular weight excluding hydrogens is 358 g/mol. The van der Waals surface area contributed by atoms with Crippen molar-refractivity contribution >= 4 is 29.3 Å². The van der Waals surface area contributed by atoms with Crippen LogP contribution >= 0.6 is 11.3 Å². The van der Waals surface area contributed by atoms with Gasteiger partial charge < -0.3 is 9.40 Å². The van der Waals surface area contributed by atoms with E-state index in [1.165, 1.54) is 23.7 Å². The number of furan rings is 1. The van der Waals surface area contributed by atoms with Gasteiger partial charge in [0.05, 0.1) is 15.5 Å². The molecule has 0 bridgehead atoms. The summed E-state index contributed by atoms with van der Waals surface area (Å²) in [7, 11) is 0. The number of hydrogen-bond donors (Lipinski definition) is 1. The molecule has 1 N–H and O–H groups in total. The van der Waals surface area contributed by atoms with Gasteiger partial charge in [0, 0.05) is 6.08 Å². The Morgan fingerprint density at radius 3 is 2.37 bits per heavy atom. The topological polar surface area (TPSA) is 63.1 Å². The molecule has 0 atom stereocenters. The van der Waals surface area contributed by atoms with Crippen LogP contribution in [0.25, 0.3) is 23.3 Å². The van der Waals surface area contributed by atoms with Gasteiger partial charge in [-0.3, -0.25) is 9.59 Å². The van der Waals surface area contributed by atoms with Crippen LogP contribution in [0.4, 0.5) is 0 Å². The Kier molecular flexibility index (Phi) is 4.68. The summed E-state index contributed by atoms with van der Waals surface area (Å²) in [5, 5.41) is 0. The van der Waals surface area contributed by atoms with Crippen LogP contribution in [0, 0.1) is 0 Å². The zero-order valence-electron chi connectivity index (χ0n) is 14.2. The summed E-state index contributed by atoms with van der Waals surface area (Å²) in [6, 6.07) is 21.3. The highest BCUT2D eigenvalue weighted by Gasteiger charge is 2.05. The number of hydrogen-bond acceptors (Lipinski definition) is 4. The Morgan fingerprint density at radius 2 is 1.67 bits per heavy atom. The van der Waals surface area contributed by atoms with E-state index in [1.54, 1.807) is 12.1 Å². The van der Waals surface area contributed by atoms with Crippen molar-refractivity contribution in [1.29, 1.82) is 0 Å². The highest BCUT2D eigenvalue weighted by atomic mass is 32.1. The van der Waals surface area contributed by atoms with Crippen molar-refractivity contribution in [2.75, 3.05) is 0 Å². The number of Topliss-reactive ketones (excluding diaryl/α,β-unsaturated/α-hetero) is 1. The fraction of sp³-hybridized carbons (Fsp3) is 0. The molecule has 2 heterocycles. The van der Waals surface area contributed by atoms with Crippen LogP contribution in [-0.2, 0) is 0 Å². The molecule has 0 saturated heterocycles. The molecule has 132 valence electrons. The Bertz CT molecular complexity index is 1230. The molecule has 0 aliphatic carbocycles. The molecule has 0 unspecified atom stereocenters. The highest BCUT2D eigenvalue weighted by Crippen LogP contribution is 2.19. The SMILES string of the molecule is O=C(C=c1[nH]c(=O)c(=Cc2ccc(-c3ccccc3)cc2)s1)c1ccco1. The number of thiazole rings is 1. The third kappa shape index (κ3) is 3.88. The smallest absolute Gasteiger partial charge is 0.266 e. The van der Waals surface area contributed by atoms with Gasteiger partial charge in [-0.1, -0.05) is 54.6 Å². The predicted molar refractivity (Wildman–Crippen MR) is 107 cm³/mol. The number of nitrogens with one attached hydrogen (secondary N) is 1. The molecule has 0 aliphatic heterocycles. The van der Waals surface area contributed by atoms with E-state index in [9.17, 15) is 9.59 Å². The number of aromatic amines is 1. The Balaban J connectivity index is 1.64. The van der Waals surface area contributed by atoms with Crippen molar-refractivity contribution in [3.8, 4) is 11.1 Å². The first-order valence-electron chi connectivity index (χ1n) is 8.35. The zero-order chi connectivity index (χ0) is 18.6. The number of carbonyl (C=O) groups excluding carboxylic acids is 1. The lowest BCUT2D eigenvalue weighted by molar-refractivity contribution is 0.103. The van der Waals surface area contributed by atoms with E-state index in [2.05, 4.69) is 17.1 Å². The molecule has 0 radical (unpaired) electrons. The Morgan fingerprint density at radius 1 is 0.926 bits per heavy atom. The lowest BCUT2D eigenvalue weighted by Gasteiger charge is -2.01. The van der Waals surface area contributed by atoms with E-state index < -0.39 is 0 Å². The summed E-state index contributed by atoms with van der Waals surface area (Å²) in [6.07, 6.45) is 4.63. The van der Waals surface area contributed by atoms with Gasteiger partial charge in [0.25, 0.3) is 5.56 Å². The maximum absolute atomic E-state index is 12.2. The number of H-pyrrole nitrogens is 1. The minimum absolute atomic E-state index is 0.217. The number of carbonyl (C=O) groups is 1. The second kappa shape index (κ2) is 7.43. The number of benzene rings is 2. The van der Waals surface area contributed by atoms with Gasteiger partial charge in [-0.05, 0) is 34.9 Å². The number of rotatable bonds is 4. The van der Waals surface area contributed by atoms with E-state index >= 15 is 0 Å². The van der Waals surface area contributed by atoms with E-state index in [1.807, 2.05) is 48.5 Å². The van der Waals surface area contributed by atoms with Crippen LogP contribution in [0.1, 0.15) is 16.1 Å². The minimum Gasteiger partial charge on any atom is -0.461 e. The van der Waals surface area contributed by atoms with Crippen molar-refractivity contribution < 1.29 is 9.21 Å². The van der Waals surface area contributed by atoms with E-state index in [0.717, 1.165) is 16.7 Å². The fourth-order valence-corrected chi connectivity index (χ4v) is 3.57. The summed E-state index contributed by atoms with van der Waals surface area (Å²) in [5.41, 5.74) is 2.97. The van der Waals surface area contributed by atoms with Crippen molar-refractivity contribution in [3.05, 3.63) is 104 Å². The summed E-state index contributed by atoms with van der Waals surface area (Å²) in [5.74, 6) is -0.0393. The normalized spacial score (nSPS) is 12.4. The molecule has 0 amide bonds. The first-order valence-corrected chi connectivity index (χ1v) is 9.16. The first-order chi connectivity index (χ1) is 13.2. The monoisotopic (exact) mass is 373 g/mol. The lowest BCUT2D eigenvalue weighted by atomic mass is 10.0. The molecule has 4 rings (SSSR count). The molecule has 0 saturated carbocycles. The highest BCUT2D eigenvalue weighted by molar-refractivity contribution is 7.07. The standard InChI is InChI=1S/C22H15NO3S/c24-18(19-7-4-12-26-19)14-21-23-22(25)20(27-21)13-15-8-10-17(11-9-15)16-5-2-1-3-6-16/h1-14H,(H,23,25). The molecule has 4 aromatic rings. The van der Waals surface area contributed by atoms with E-state index in [-0.39, 0.29) is 17.1 Å². The van der Waals surface area contributed by atoms with Crippen molar-refractivity contribution in [3.63, 3.8) is 0 Å². The summed E-state index contributed by atoms with van der Waals surface area (Å²) < 4.78 is 6.11. The lowest BCUT2D eigenvalue weighted by Crippen LogP contribution is -2.19. The number of ketones is 1. The molecule has 27 heavy (non-hydrogen) atoms. The summed E-state index contributed by atoms with van der Waals surface area (Å²) >= 11 is 1.24. The Hall–Kier alpha value is -3.44. The van der Waals surface area contributed by atoms with E-state index in [4.69, 9.17) is 4.42 Å². The fourth-order valence-electron chi connectivity index (χ4n) is 2.69. The van der Waals surface area contributed by atoms with Crippen LogP contribution in [0.15, 0.2) is 82.2 Å².